The van der Waals surface area contributed by atoms with Crippen LogP contribution >= 0.6 is 28.1 Å². The van der Waals surface area contributed by atoms with Gasteiger partial charge in [-0.05, 0) is 85.9 Å². The van der Waals surface area contributed by atoms with Crippen LogP contribution in [0.15, 0.2) is 87.9 Å². The number of rotatable bonds is 6. The van der Waals surface area contributed by atoms with Crippen molar-refractivity contribution in [1.82, 2.24) is 10.3 Å². The lowest BCUT2D eigenvalue weighted by Crippen LogP contribution is -2.29. The van der Waals surface area contributed by atoms with Crippen LogP contribution in [0.1, 0.15) is 30.5 Å². The summed E-state index contributed by atoms with van der Waals surface area (Å²) in [5.74, 6) is 1.52. The van der Waals surface area contributed by atoms with Crippen molar-refractivity contribution in [3.05, 3.63) is 101 Å². The van der Waals surface area contributed by atoms with Gasteiger partial charge in [0.05, 0.1) is 23.9 Å². The van der Waals surface area contributed by atoms with Crippen LogP contribution < -0.4 is 15.0 Å². The Balaban J connectivity index is 1.57. The SMILES string of the molecule is CCOc1ccc(N2C(=S)N[C@H](c3ccccn3)[C@H]2c2ccc(-c3ccc(Br)cc3F)o2)cc1. The third-order valence-corrected chi connectivity index (χ3v) is 6.45. The van der Waals surface area contributed by atoms with Gasteiger partial charge in [0.15, 0.2) is 5.11 Å². The first kappa shape index (κ1) is 22.6. The monoisotopic (exact) mass is 537 g/mol. The summed E-state index contributed by atoms with van der Waals surface area (Å²) in [5, 5.41) is 3.95. The van der Waals surface area contributed by atoms with Crippen LogP contribution in [0.4, 0.5) is 10.1 Å². The Labute approximate surface area is 210 Å². The molecular formula is C26H21BrFN3O2S. The second-order valence-electron chi connectivity index (χ2n) is 7.75. The molecule has 34 heavy (non-hydrogen) atoms. The highest BCUT2D eigenvalue weighted by molar-refractivity contribution is 9.10. The second kappa shape index (κ2) is 9.56. The highest BCUT2D eigenvalue weighted by Crippen LogP contribution is 2.43. The standard InChI is InChI=1S/C26H21BrFN3O2S/c1-2-32-18-9-7-17(8-10-18)31-25(24(30-26(31)34)21-5-3-4-14-29-21)23-13-12-22(33-23)19-11-6-16(27)15-20(19)28/h3-15,24-25H,2H2,1H3,(H,30,34)/t24-,25-/m1/s1. The van der Waals surface area contributed by atoms with Crippen LogP contribution in [-0.4, -0.2) is 16.7 Å². The van der Waals surface area contributed by atoms with Gasteiger partial charge in [-0.1, -0.05) is 22.0 Å². The molecule has 1 aliphatic rings. The van der Waals surface area contributed by atoms with E-state index in [0.717, 1.165) is 17.1 Å². The zero-order chi connectivity index (χ0) is 23.7. The number of thiocarbonyl (C=S) groups is 1. The third-order valence-electron chi connectivity index (χ3n) is 5.64. The summed E-state index contributed by atoms with van der Waals surface area (Å²) in [6.07, 6.45) is 1.75. The number of nitrogens with zero attached hydrogens (tertiary/aromatic N) is 2. The molecule has 1 aliphatic heterocycles. The van der Waals surface area contributed by atoms with Crippen LogP contribution in [-0.2, 0) is 0 Å². The van der Waals surface area contributed by atoms with E-state index in [1.807, 2.05) is 60.4 Å². The molecule has 0 spiro atoms. The van der Waals surface area contributed by atoms with Gasteiger partial charge in [0.2, 0.25) is 0 Å². The van der Waals surface area contributed by atoms with E-state index in [1.54, 1.807) is 24.4 Å². The van der Waals surface area contributed by atoms with Gasteiger partial charge >= 0.3 is 0 Å². The first-order chi connectivity index (χ1) is 16.5. The molecule has 5 rings (SSSR count). The number of furan rings is 1. The normalized spacial score (nSPS) is 17.6. The van der Waals surface area contributed by atoms with E-state index in [1.165, 1.54) is 6.07 Å². The lowest BCUT2D eigenvalue weighted by molar-refractivity contribution is 0.340. The zero-order valence-electron chi connectivity index (χ0n) is 18.2. The molecule has 1 saturated heterocycles. The average Bonchev–Trinajstić information content (AvgIpc) is 3.45. The van der Waals surface area contributed by atoms with Crippen molar-refractivity contribution in [2.75, 3.05) is 11.5 Å². The molecule has 0 unspecified atom stereocenters. The Hall–Kier alpha value is -3.23. The van der Waals surface area contributed by atoms with Crippen LogP contribution in [0.2, 0.25) is 0 Å². The van der Waals surface area contributed by atoms with Crippen molar-refractivity contribution in [2.45, 2.75) is 19.0 Å². The fraction of sp³-hybridized carbons (Fsp3) is 0.154. The Bertz CT molecular complexity index is 1310. The number of aromatic nitrogens is 1. The van der Waals surface area contributed by atoms with E-state index in [0.29, 0.717) is 33.3 Å². The molecule has 0 radical (unpaired) electrons. The van der Waals surface area contributed by atoms with Crippen LogP contribution in [0.3, 0.4) is 0 Å². The molecule has 1 N–H and O–H groups in total. The molecule has 2 atom stereocenters. The summed E-state index contributed by atoms with van der Waals surface area (Å²) in [7, 11) is 0. The van der Waals surface area contributed by atoms with E-state index < -0.39 is 0 Å². The number of ether oxygens (including phenoxy) is 1. The number of hydrogen-bond acceptors (Lipinski definition) is 4. The predicted octanol–water partition coefficient (Wildman–Crippen LogP) is 6.82. The highest BCUT2D eigenvalue weighted by Gasteiger charge is 2.42. The van der Waals surface area contributed by atoms with E-state index in [9.17, 15) is 4.39 Å². The number of pyridine rings is 1. The zero-order valence-corrected chi connectivity index (χ0v) is 20.6. The van der Waals surface area contributed by atoms with Crippen molar-refractivity contribution >= 4 is 38.9 Å². The quantitative estimate of drug-likeness (QED) is 0.272. The molecule has 0 bridgehead atoms. The molecule has 4 aromatic rings. The van der Waals surface area contributed by atoms with E-state index in [2.05, 4.69) is 26.2 Å². The van der Waals surface area contributed by atoms with Gasteiger partial charge in [0.25, 0.3) is 0 Å². The second-order valence-corrected chi connectivity index (χ2v) is 9.05. The fourth-order valence-corrected chi connectivity index (χ4v) is 4.82. The maximum Gasteiger partial charge on any atom is 0.174 e. The predicted molar refractivity (Wildman–Crippen MR) is 137 cm³/mol. The topological polar surface area (TPSA) is 50.5 Å². The fourth-order valence-electron chi connectivity index (χ4n) is 4.14. The molecule has 0 amide bonds. The van der Waals surface area contributed by atoms with Crippen LogP contribution in [0, 0.1) is 5.82 Å². The summed E-state index contributed by atoms with van der Waals surface area (Å²) in [6.45, 7) is 2.54. The largest absolute Gasteiger partial charge is 0.494 e. The minimum Gasteiger partial charge on any atom is -0.494 e. The van der Waals surface area contributed by atoms with Crippen LogP contribution in [0.5, 0.6) is 5.75 Å². The lowest BCUT2D eigenvalue weighted by atomic mass is 10.0. The Morgan fingerprint density at radius 3 is 2.65 bits per heavy atom. The van der Waals surface area contributed by atoms with E-state index in [-0.39, 0.29) is 17.9 Å². The van der Waals surface area contributed by atoms with Gasteiger partial charge in [0.1, 0.15) is 29.1 Å². The molecule has 5 nitrogen and oxygen atoms in total. The highest BCUT2D eigenvalue weighted by atomic mass is 79.9. The van der Waals surface area contributed by atoms with Gasteiger partial charge in [-0.3, -0.25) is 4.98 Å². The Morgan fingerprint density at radius 1 is 1.12 bits per heavy atom. The molecule has 2 aromatic carbocycles. The molecule has 172 valence electrons. The van der Waals surface area contributed by atoms with Crippen molar-refractivity contribution in [1.29, 1.82) is 0 Å². The summed E-state index contributed by atoms with van der Waals surface area (Å²) in [5.41, 5.74) is 2.11. The van der Waals surface area contributed by atoms with Crippen LogP contribution in [0.25, 0.3) is 11.3 Å². The number of anilines is 1. The Kier molecular flexibility index (Phi) is 6.34. The number of halogens is 2. The minimum atomic E-state index is -0.361. The maximum atomic E-state index is 14.6. The summed E-state index contributed by atoms with van der Waals surface area (Å²) >= 11 is 9.05. The van der Waals surface area contributed by atoms with Gasteiger partial charge in [-0.15, -0.1) is 0 Å². The smallest absolute Gasteiger partial charge is 0.174 e. The first-order valence-electron chi connectivity index (χ1n) is 10.8. The average molecular weight is 538 g/mol. The van der Waals surface area contributed by atoms with Gasteiger partial charge < -0.3 is 19.4 Å². The minimum absolute atomic E-state index is 0.256. The van der Waals surface area contributed by atoms with E-state index in [4.69, 9.17) is 21.4 Å². The van der Waals surface area contributed by atoms with Crippen molar-refractivity contribution in [3.8, 4) is 17.1 Å². The van der Waals surface area contributed by atoms with Gasteiger partial charge in [-0.2, -0.15) is 0 Å². The maximum absolute atomic E-state index is 14.6. The Morgan fingerprint density at radius 2 is 1.94 bits per heavy atom. The third kappa shape index (κ3) is 4.31. The summed E-state index contributed by atoms with van der Waals surface area (Å²) < 4.78 is 27.1. The van der Waals surface area contributed by atoms with E-state index >= 15 is 0 Å². The molecule has 0 aliphatic carbocycles. The molecule has 3 heterocycles. The van der Waals surface area contributed by atoms with Crippen molar-refractivity contribution in [2.24, 2.45) is 0 Å². The molecule has 1 fully saturated rings. The molecule has 2 aromatic heterocycles. The molecule has 8 heteroatoms. The van der Waals surface area contributed by atoms with Crippen molar-refractivity contribution < 1.29 is 13.5 Å². The number of benzene rings is 2. The summed E-state index contributed by atoms with van der Waals surface area (Å²) in [4.78, 5) is 6.56. The van der Waals surface area contributed by atoms with Gasteiger partial charge in [-0.25, -0.2) is 4.39 Å². The molecular weight excluding hydrogens is 517 g/mol. The number of nitrogens with one attached hydrogen (secondary N) is 1. The van der Waals surface area contributed by atoms with Crippen molar-refractivity contribution in [3.63, 3.8) is 0 Å². The number of hydrogen-bond donors (Lipinski definition) is 1. The summed E-state index contributed by atoms with van der Waals surface area (Å²) in [6, 6.07) is 21.5. The van der Waals surface area contributed by atoms with Gasteiger partial charge in [0, 0.05) is 16.4 Å². The lowest BCUT2D eigenvalue weighted by Gasteiger charge is -2.26. The molecule has 0 saturated carbocycles. The first-order valence-corrected chi connectivity index (χ1v) is 12.0.